The molecular formula is C11H15FO2. The minimum absolute atomic E-state index is 0.0146. The van der Waals surface area contributed by atoms with Gasteiger partial charge in [0.15, 0.2) is 0 Å². The number of halogens is 1. The molecule has 14 heavy (non-hydrogen) atoms. The summed E-state index contributed by atoms with van der Waals surface area (Å²) in [5.41, 5.74) is 1.47. The summed E-state index contributed by atoms with van der Waals surface area (Å²) < 4.78 is 18.3. The molecule has 0 radical (unpaired) electrons. The first-order valence-electron chi connectivity index (χ1n) is 4.55. The SMILES string of the molecule is COc1c(C)cc(F)cc1C(C)CO. The number of benzene rings is 1. The molecule has 1 rings (SSSR count). The molecule has 78 valence electrons. The van der Waals surface area contributed by atoms with Crippen molar-refractivity contribution >= 4 is 0 Å². The second kappa shape index (κ2) is 4.42. The zero-order valence-corrected chi connectivity index (χ0v) is 8.67. The summed E-state index contributed by atoms with van der Waals surface area (Å²) in [5, 5.41) is 9.01. The Morgan fingerprint density at radius 2 is 2.14 bits per heavy atom. The Hall–Kier alpha value is -1.09. The van der Waals surface area contributed by atoms with E-state index in [0.717, 1.165) is 5.56 Å². The van der Waals surface area contributed by atoms with E-state index in [1.54, 1.807) is 14.0 Å². The topological polar surface area (TPSA) is 29.5 Å². The maximum absolute atomic E-state index is 13.1. The molecule has 0 saturated carbocycles. The van der Waals surface area contributed by atoms with Gasteiger partial charge in [-0.1, -0.05) is 6.92 Å². The summed E-state index contributed by atoms with van der Waals surface area (Å²) in [4.78, 5) is 0. The van der Waals surface area contributed by atoms with E-state index in [1.165, 1.54) is 12.1 Å². The average Bonchev–Trinajstić information content (AvgIpc) is 2.15. The van der Waals surface area contributed by atoms with Gasteiger partial charge < -0.3 is 9.84 Å². The molecule has 0 fully saturated rings. The Kier molecular flexibility index (Phi) is 3.47. The third-order valence-electron chi connectivity index (χ3n) is 2.28. The largest absolute Gasteiger partial charge is 0.496 e. The highest BCUT2D eigenvalue weighted by Gasteiger charge is 2.14. The minimum atomic E-state index is -0.293. The first-order valence-corrected chi connectivity index (χ1v) is 4.55. The van der Waals surface area contributed by atoms with Crippen molar-refractivity contribution in [3.63, 3.8) is 0 Å². The number of methoxy groups -OCH3 is 1. The zero-order chi connectivity index (χ0) is 10.7. The molecule has 1 unspecified atom stereocenters. The first-order chi connectivity index (χ1) is 6.60. The van der Waals surface area contributed by atoms with Crippen LogP contribution in [0.2, 0.25) is 0 Å². The maximum atomic E-state index is 13.1. The Bertz CT molecular complexity index is 323. The monoisotopic (exact) mass is 198 g/mol. The highest BCUT2D eigenvalue weighted by atomic mass is 19.1. The van der Waals surface area contributed by atoms with Gasteiger partial charge in [0.05, 0.1) is 7.11 Å². The smallest absolute Gasteiger partial charge is 0.125 e. The van der Waals surface area contributed by atoms with Gasteiger partial charge in [0.2, 0.25) is 0 Å². The molecular weight excluding hydrogens is 183 g/mol. The van der Waals surface area contributed by atoms with Crippen LogP contribution < -0.4 is 4.74 Å². The van der Waals surface area contributed by atoms with Gasteiger partial charge in [0.25, 0.3) is 0 Å². The van der Waals surface area contributed by atoms with Crippen LogP contribution in [0.15, 0.2) is 12.1 Å². The predicted octanol–water partition coefficient (Wildman–Crippen LogP) is 2.24. The van der Waals surface area contributed by atoms with E-state index in [9.17, 15) is 4.39 Å². The van der Waals surface area contributed by atoms with Crippen molar-refractivity contribution in [3.05, 3.63) is 29.1 Å². The number of aliphatic hydroxyl groups is 1. The highest BCUT2D eigenvalue weighted by Crippen LogP contribution is 2.30. The first kappa shape index (κ1) is 11.0. The van der Waals surface area contributed by atoms with E-state index in [0.29, 0.717) is 11.3 Å². The van der Waals surface area contributed by atoms with E-state index in [2.05, 4.69) is 0 Å². The number of aliphatic hydroxyl groups excluding tert-OH is 1. The Morgan fingerprint density at radius 1 is 1.50 bits per heavy atom. The lowest BCUT2D eigenvalue weighted by Gasteiger charge is -2.15. The van der Waals surface area contributed by atoms with Gasteiger partial charge in [-0.25, -0.2) is 4.39 Å². The molecule has 2 nitrogen and oxygen atoms in total. The number of ether oxygens (including phenoxy) is 1. The summed E-state index contributed by atoms with van der Waals surface area (Å²) >= 11 is 0. The number of aryl methyl sites for hydroxylation is 1. The lowest BCUT2D eigenvalue weighted by atomic mass is 9.98. The second-order valence-electron chi connectivity index (χ2n) is 3.43. The minimum Gasteiger partial charge on any atom is -0.496 e. The molecule has 1 aromatic carbocycles. The number of hydrogen-bond acceptors (Lipinski definition) is 2. The molecule has 0 amide bonds. The standard InChI is InChI=1S/C11H15FO2/c1-7-4-9(12)5-10(8(2)6-13)11(7)14-3/h4-5,8,13H,6H2,1-3H3. The summed E-state index contributed by atoms with van der Waals surface area (Å²) in [5.74, 6) is 0.255. The van der Waals surface area contributed by atoms with Crippen LogP contribution in [-0.2, 0) is 0 Å². The van der Waals surface area contributed by atoms with Crippen LogP contribution in [0.5, 0.6) is 5.75 Å². The lowest BCUT2D eigenvalue weighted by Crippen LogP contribution is -2.04. The van der Waals surface area contributed by atoms with Crippen molar-refractivity contribution in [1.29, 1.82) is 0 Å². The summed E-state index contributed by atoms with van der Waals surface area (Å²) in [7, 11) is 1.55. The second-order valence-corrected chi connectivity index (χ2v) is 3.43. The van der Waals surface area contributed by atoms with Gasteiger partial charge in [-0.2, -0.15) is 0 Å². The molecule has 0 aliphatic heterocycles. The van der Waals surface area contributed by atoms with E-state index in [-0.39, 0.29) is 18.3 Å². The fraction of sp³-hybridized carbons (Fsp3) is 0.455. The zero-order valence-electron chi connectivity index (χ0n) is 8.67. The number of rotatable bonds is 3. The molecule has 1 atom stereocenters. The van der Waals surface area contributed by atoms with Gasteiger partial charge in [-0.05, 0) is 24.6 Å². The van der Waals surface area contributed by atoms with Crippen LogP contribution in [0.25, 0.3) is 0 Å². The molecule has 0 aromatic heterocycles. The van der Waals surface area contributed by atoms with Crippen LogP contribution in [0.1, 0.15) is 24.0 Å². The summed E-state index contributed by atoms with van der Waals surface area (Å²) in [6, 6.07) is 2.83. The van der Waals surface area contributed by atoms with E-state index < -0.39 is 0 Å². The van der Waals surface area contributed by atoms with Crippen molar-refractivity contribution in [1.82, 2.24) is 0 Å². The summed E-state index contributed by atoms with van der Waals surface area (Å²) in [6.45, 7) is 3.60. The van der Waals surface area contributed by atoms with Crippen LogP contribution in [-0.4, -0.2) is 18.8 Å². The van der Waals surface area contributed by atoms with Crippen molar-refractivity contribution in [2.75, 3.05) is 13.7 Å². The predicted molar refractivity (Wildman–Crippen MR) is 53.2 cm³/mol. The lowest BCUT2D eigenvalue weighted by molar-refractivity contribution is 0.269. The van der Waals surface area contributed by atoms with Crippen molar-refractivity contribution in [3.8, 4) is 5.75 Å². The van der Waals surface area contributed by atoms with Gasteiger partial charge in [0.1, 0.15) is 11.6 Å². The average molecular weight is 198 g/mol. The van der Waals surface area contributed by atoms with Crippen molar-refractivity contribution in [2.24, 2.45) is 0 Å². The normalized spacial score (nSPS) is 12.6. The molecule has 0 bridgehead atoms. The third kappa shape index (κ3) is 2.04. The van der Waals surface area contributed by atoms with Gasteiger partial charge in [0, 0.05) is 18.1 Å². The van der Waals surface area contributed by atoms with Crippen LogP contribution in [0.3, 0.4) is 0 Å². The van der Waals surface area contributed by atoms with Gasteiger partial charge in [-0.15, -0.1) is 0 Å². The molecule has 3 heteroatoms. The van der Waals surface area contributed by atoms with Crippen LogP contribution in [0.4, 0.5) is 4.39 Å². The van der Waals surface area contributed by atoms with E-state index in [4.69, 9.17) is 9.84 Å². The van der Waals surface area contributed by atoms with Crippen molar-refractivity contribution < 1.29 is 14.2 Å². The summed E-state index contributed by atoms with van der Waals surface area (Å²) in [6.07, 6.45) is 0. The molecule has 0 heterocycles. The molecule has 1 aromatic rings. The molecule has 0 saturated heterocycles. The van der Waals surface area contributed by atoms with Crippen LogP contribution in [0, 0.1) is 12.7 Å². The quantitative estimate of drug-likeness (QED) is 0.807. The third-order valence-corrected chi connectivity index (χ3v) is 2.28. The van der Waals surface area contributed by atoms with Gasteiger partial charge >= 0.3 is 0 Å². The van der Waals surface area contributed by atoms with Crippen molar-refractivity contribution in [2.45, 2.75) is 19.8 Å². The Labute approximate surface area is 83.3 Å². The molecule has 1 N–H and O–H groups in total. The molecule has 0 spiro atoms. The molecule has 0 aliphatic carbocycles. The van der Waals surface area contributed by atoms with Gasteiger partial charge in [-0.3, -0.25) is 0 Å². The fourth-order valence-electron chi connectivity index (χ4n) is 1.50. The Morgan fingerprint density at radius 3 is 2.64 bits per heavy atom. The molecule has 0 aliphatic rings. The fourth-order valence-corrected chi connectivity index (χ4v) is 1.50. The highest BCUT2D eigenvalue weighted by molar-refractivity contribution is 5.43. The Balaban J connectivity index is 3.24. The maximum Gasteiger partial charge on any atom is 0.125 e. The van der Waals surface area contributed by atoms with E-state index in [1.807, 2.05) is 6.92 Å². The number of hydrogen-bond donors (Lipinski definition) is 1. The van der Waals surface area contributed by atoms with E-state index >= 15 is 0 Å². The van der Waals surface area contributed by atoms with Crippen LogP contribution >= 0.6 is 0 Å².